The summed E-state index contributed by atoms with van der Waals surface area (Å²) in [7, 11) is 0. The number of nitrogens with zero attached hydrogens (tertiary/aromatic N) is 2. The Morgan fingerprint density at radius 1 is 1.16 bits per heavy atom. The summed E-state index contributed by atoms with van der Waals surface area (Å²) in [6, 6.07) is 11.1. The lowest BCUT2D eigenvalue weighted by Crippen LogP contribution is -2.34. The lowest BCUT2D eigenvalue weighted by Gasteiger charge is -2.24. The van der Waals surface area contributed by atoms with Gasteiger partial charge in [0.05, 0.1) is 17.8 Å². The van der Waals surface area contributed by atoms with Gasteiger partial charge in [-0.1, -0.05) is 28.9 Å². The molecule has 0 spiro atoms. The molecule has 2 amide bonds. The number of alkyl halides is 3. The standard InChI is InChI=1S/C22H19ClF3N3O2/c23-17-7-3-14(4-8-17)12-15-13-27-31-20(15)19-2-1-11-29(19)21(30)28-18-9-5-16(6-10-18)22(24,25)26/h3-10,13,19H,1-2,11-12H2,(H,28,30). The number of carbonyl (C=O) groups excluding carboxylic acids is 1. The number of nitrogens with one attached hydrogen (secondary N) is 1. The number of likely N-dealkylation sites (tertiary alicyclic amines) is 1. The van der Waals surface area contributed by atoms with Crippen LogP contribution < -0.4 is 5.32 Å². The molecule has 2 aromatic carbocycles. The molecule has 1 N–H and O–H groups in total. The van der Waals surface area contributed by atoms with E-state index in [0.717, 1.165) is 29.7 Å². The van der Waals surface area contributed by atoms with Crippen molar-refractivity contribution in [2.75, 3.05) is 11.9 Å². The second-order valence-electron chi connectivity index (χ2n) is 7.38. The third-order valence-corrected chi connectivity index (χ3v) is 5.52. The summed E-state index contributed by atoms with van der Waals surface area (Å²) < 4.78 is 43.7. The maximum absolute atomic E-state index is 12.8. The second kappa shape index (κ2) is 8.63. The summed E-state index contributed by atoms with van der Waals surface area (Å²) in [4.78, 5) is 14.5. The van der Waals surface area contributed by atoms with Crippen LogP contribution in [0.1, 0.15) is 41.3 Å². The first kappa shape index (κ1) is 21.2. The minimum atomic E-state index is -4.42. The minimum absolute atomic E-state index is 0.292. The van der Waals surface area contributed by atoms with Crippen LogP contribution in [-0.2, 0) is 12.6 Å². The van der Waals surface area contributed by atoms with Gasteiger partial charge in [0.15, 0.2) is 5.76 Å². The minimum Gasteiger partial charge on any atom is -0.359 e. The quantitative estimate of drug-likeness (QED) is 0.508. The molecule has 0 radical (unpaired) electrons. The van der Waals surface area contributed by atoms with Gasteiger partial charge in [0.2, 0.25) is 0 Å². The lowest BCUT2D eigenvalue weighted by atomic mass is 10.0. The molecule has 31 heavy (non-hydrogen) atoms. The van der Waals surface area contributed by atoms with Crippen LogP contribution in [0.2, 0.25) is 5.02 Å². The normalized spacial score (nSPS) is 16.5. The van der Waals surface area contributed by atoms with Crippen molar-refractivity contribution in [3.05, 3.63) is 82.2 Å². The van der Waals surface area contributed by atoms with Gasteiger partial charge in [-0.15, -0.1) is 0 Å². The van der Waals surface area contributed by atoms with Crippen LogP contribution in [0.4, 0.5) is 23.7 Å². The molecule has 1 saturated heterocycles. The molecule has 5 nitrogen and oxygen atoms in total. The summed E-state index contributed by atoms with van der Waals surface area (Å²) in [5.74, 6) is 0.620. The Morgan fingerprint density at radius 2 is 1.87 bits per heavy atom. The molecular weight excluding hydrogens is 431 g/mol. The fourth-order valence-electron chi connectivity index (χ4n) is 3.72. The number of urea groups is 1. The second-order valence-corrected chi connectivity index (χ2v) is 7.81. The Labute approximate surface area is 181 Å². The van der Waals surface area contributed by atoms with Gasteiger partial charge in [0.1, 0.15) is 0 Å². The highest BCUT2D eigenvalue weighted by atomic mass is 35.5. The molecule has 3 aromatic rings. The van der Waals surface area contributed by atoms with Gasteiger partial charge in [0, 0.05) is 29.2 Å². The zero-order valence-corrected chi connectivity index (χ0v) is 17.1. The molecule has 2 heterocycles. The number of benzene rings is 2. The van der Waals surface area contributed by atoms with E-state index in [9.17, 15) is 18.0 Å². The first-order chi connectivity index (χ1) is 14.8. The molecule has 1 aliphatic heterocycles. The number of anilines is 1. The zero-order valence-electron chi connectivity index (χ0n) is 16.3. The molecule has 0 aliphatic carbocycles. The van der Waals surface area contributed by atoms with Gasteiger partial charge in [-0.3, -0.25) is 0 Å². The van der Waals surface area contributed by atoms with E-state index in [-0.39, 0.29) is 6.04 Å². The molecule has 9 heteroatoms. The van der Waals surface area contributed by atoms with Gasteiger partial charge in [-0.05, 0) is 54.8 Å². The molecule has 4 rings (SSSR count). The topological polar surface area (TPSA) is 58.4 Å². The number of hydrogen-bond donors (Lipinski definition) is 1. The molecule has 1 unspecified atom stereocenters. The van der Waals surface area contributed by atoms with Crippen LogP contribution in [0.5, 0.6) is 0 Å². The molecule has 1 aliphatic rings. The van der Waals surface area contributed by atoms with Crippen LogP contribution in [0.25, 0.3) is 0 Å². The monoisotopic (exact) mass is 449 g/mol. The van der Waals surface area contributed by atoms with E-state index >= 15 is 0 Å². The molecule has 1 aromatic heterocycles. The van der Waals surface area contributed by atoms with Crippen molar-refractivity contribution in [3.8, 4) is 0 Å². The van der Waals surface area contributed by atoms with E-state index in [4.69, 9.17) is 16.1 Å². The average Bonchev–Trinajstić information content (AvgIpc) is 3.38. The maximum Gasteiger partial charge on any atom is 0.416 e. The van der Waals surface area contributed by atoms with Crippen molar-refractivity contribution >= 4 is 23.3 Å². The van der Waals surface area contributed by atoms with Gasteiger partial charge in [-0.2, -0.15) is 13.2 Å². The van der Waals surface area contributed by atoms with E-state index in [1.807, 2.05) is 24.3 Å². The Bertz CT molecular complexity index is 1050. The third kappa shape index (κ3) is 4.85. The highest BCUT2D eigenvalue weighted by molar-refractivity contribution is 6.30. The SMILES string of the molecule is O=C(Nc1ccc(C(F)(F)F)cc1)N1CCCC1c1oncc1Cc1ccc(Cl)cc1. The number of carbonyl (C=O) groups is 1. The summed E-state index contributed by atoms with van der Waals surface area (Å²) in [5, 5.41) is 7.25. The summed E-state index contributed by atoms with van der Waals surface area (Å²) in [6.45, 7) is 0.512. The average molecular weight is 450 g/mol. The Morgan fingerprint density at radius 3 is 2.55 bits per heavy atom. The van der Waals surface area contributed by atoms with Gasteiger partial charge in [0.25, 0.3) is 0 Å². The Balaban J connectivity index is 1.47. The van der Waals surface area contributed by atoms with Crippen LogP contribution in [0, 0.1) is 0 Å². The van der Waals surface area contributed by atoms with E-state index in [1.165, 1.54) is 12.1 Å². The van der Waals surface area contributed by atoms with Crippen molar-refractivity contribution in [1.82, 2.24) is 10.1 Å². The van der Waals surface area contributed by atoms with Gasteiger partial charge >= 0.3 is 12.2 Å². The lowest BCUT2D eigenvalue weighted by molar-refractivity contribution is -0.137. The summed E-state index contributed by atoms with van der Waals surface area (Å²) in [5.41, 5.74) is 1.44. The molecular formula is C22H19ClF3N3O2. The number of amides is 2. The third-order valence-electron chi connectivity index (χ3n) is 5.26. The van der Waals surface area contributed by atoms with E-state index < -0.39 is 17.8 Å². The highest BCUT2D eigenvalue weighted by Crippen LogP contribution is 2.35. The Kier molecular flexibility index (Phi) is 5.91. The zero-order chi connectivity index (χ0) is 22.0. The fourth-order valence-corrected chi connectivity index (χ4v) is 3.84. The van der Waals surface area contributed by atoms with Crippen molar-refractivity contribution < 1.29 is 22.5 Å². The van der Waals surface area contributed by atoms with Crippen molar-refractivity contribution in [2.24, 2.45) is 0 Å². The number of halogens is 4. The number of rotatable bonds is 4. The van der Waals surface area contributed by atoms with Crippen molar-refractivity contribution in [2.45, 2.75) is 31.5 Å². The molecule has 162 valence electrons. The number of aromatic nitrogens is 1. The van der Waals surface area contributed by atoms with Gasteiger partial charge in [-0.25, -0.2) is 4.79 Å². The van der Waals surface area contributed by atoms with Crippen molar-refractivity contribution in [1.29, 1.82) is 0 Å². The van der Waals surface area contributed by atoms with Crippen LogP contribution in [0.3, 0.4) is 0 Å². The maximum atomic E-state index is 12.8. The van der Waals surface area contributed by atoms with Crippen LogP contribution in [0.15, 0.2) is 59.3 Å². The smallest absolute Gasteiger partial charge is 0.359 e. The fraction of sp³-hybridized carbons (Fsp3) is 0.273. The number of hydrogen-bond acceptors (Lipinski definition) is 3. The molecule has 0 bridgehead atoms. The first-order valence-corrected chi connectivity index (χ1v) is 10.1. The van der Waals surface area contributed by atoms with Crippen LogP contribution in [-0.4, -0.2) is 22.6 Å². The molecule has 1 atom stereocenters. The predicted octanol–water partition coefficient (Wildman–Crippen LogP) is 6.31. The largest absolute Gasteiger partial charge is 0.416 e. The first-order valence-electron chi connectivity index (χ1n) is 9.74. The van der Waals surface area contributed by atoms with Crippen LogP contribution >= 0.6 is 11.6 Å². The highest BCUT2D eigenvalue weighted by Gasteiger charge is 2.35. The molecule has 0 saturated carbocycles. The van der Waals surface area contributed by atoms with E-state index in [0.29, 0.717) is 35.9 Å². The Hall–Kier alpha value is -3.00. The van der Waals surface area contributed by atoms with Gasteiger partial charge < -0.3 is 14.7 Å². The van der Waals surface area contributed by atoms with Crippen molar-refractivity contribution in [3.63, 3.8) is 0 Å². The van der Waals surface area contributed by atoms with E-state index in [1.54, 1.807) is 11.1 Å². The predicted molar refractivity (Wildman–Crippen MR) is 110 cm³/mol. The van der Waals surface area contributed by atoms with E-state index in [2.05, 4.69) is 10.5 Å². The summed E-state index contributed by atoms with van der Waals surface area (Å²) in [6.07, 6.45) is -0.695. The summed E-state index contributed by atoms with van der Waals surface area (Å²) >= 11 is 5.94. The molecule has 1 fully saturated rings.